The third-order valence-electron chi connectivity index (χ3n) is 5.34. The summed E-state index contributed by atoms with van der Waals surface area (Å²) in [5.41, 5.74) is 0.415. The summed E-state index contributed by atoms with van der Waals surface area (Å²) in [5.74, 6) is 2.29. The molecule has 11 heteroatoms. The van der Waals surface area contributed by atoms with E-state index >= 15 is 0 Å². The first kappa shape index (κ1) is 23.7. The molecule has 0 aliphatic heterocycles. The van der Waals surface area contributed by atoms with Gasteiger partial charge in [0.15, 0.2) is 17.3 Å². The van der Waals surface area contributed by atoms with Crippen molar-refractivity contribution < 1.29 is 18.8 Å². The summed E-state index contributed by atoms with van der Waals surface area (Å²) < 4.78 is 16.0. The minimum atomic E-state index is -0.227. The molecule has 4 rings (SSSR count). The molecule has 2 aromatic carbocycles. The molecule has 0 fully saturated rings. The number of benzene rings is 2. The molecule has 1 amide bonds. The van der Waals surface area contributed by atoms with E-state index in [0.29, 0.717) is 65.9 Å². The zero-order chi connectivity index (χ0) is 24.6. The number of anilines is 1. The standard InChI is InChI=1S/C24H26N6O5/c1-33-18-10-5-9-17(21(18)34-2)23-27-20(35-30-23)12-11-19(31)25-13-6-14-26-22-15-7-3-4-8-16(15)24(32)29-28-22/h3-5,7-10H,6,11-14H2,1-2H3,(H,25,31)(H,26,28)(H,29,32). The van der Waals surface area contributed by atoms with Gasteiger partial charge < -0.3 is 24.6 Å². The van der Waals surface area contributed by atoms with Crippen LogP contribution >= 0.6 is 0 Å². The Morgan fingerprint density at radius 2 is 1.89 bits per heavy atom. The van der Waals surface area contributed by atoms with Crippen LogP contribution in [0.15, 0.2) is 51.8 Å². The van der Waals surface area contributed by atoms with Crippen molar-refractivity contribution >= 4 is 22.5 Å². The number of H-pyrrole nitrogens is 1. The number of aryl methyl sites for hydroxylation is 1. The Bertz CT molecular complexity index is 1370. The fourth-order valence-corrected chi connectivity index (χ4v) is 3.61. The largest absolute Gasteiger partial charge is 0.493 e. The molecular formula is C24H26N6O5. The van der Waals surface area contributed by atoms with E-state index in [9.17, 15) is 9.59 Å². The highest BCUT2D eigenvalue weighted by Crippen LogP contribution is 2.36. The zero-order valence-electron chi connectivity index (χ0n) is 19.5. The molecular weight excluding hydrogens is 452 g/mol. The van der Waals surface area contributed by atoms with Crippen molar-refractivity contribution in [2.24, 2.45) is 0 Å². The van der Waals surface area contributed by atoms with E-state index < -0.39 is 0 Å². The molecule has 0 unspecified atom stereocenters. The maximum Gasteiger partial charge on any atom is 0.272 e. The summed E-state index contributed by atoms with van der Waals surface area (Å²) in [6.45, 7) is 1.07. The van der Waals surface area contributed by atoms with Crippen LogP contribution in [-0.4, -0.2) is 53.6 Å². The number of nitrogens with one attached hydrogen (secondary N) is 3. The van der Waals surface area contributed by atoms with Crippen LogP contribution in [0, 0.1) is 0 Å². The van der Waals surface area contributed by atoms with Gasteiger partial charge in [0.1, 0.15) is 0 Å². The van der Waals surface area contributed by atoms with E-state index in [-0.39, 0.29) is 17.9 Å². The lowest BCUT2D eigenvalue weighted by Gasteiger charge is -2.09. The third kappa shape index (κ3) is 5.57. The maximum atomic E-state index is 12.2. The van der Waals surface area contributed by atoms with Crippen LogP contribution in [0.4, 0.5) is 5.82 Å². The van der Waals surface area contributed by atoms with Crippen LogP contribution in [0.25, 0.3) is 22.2 Å². The Morgan fingerprint density at radius 3 is 2.69 bits per heavy atom. The maximum absolute atomic E-state index is 12.2. The number of methoxy groups -OCH3 is 2. The minimum Gasteiger partial charge on any atom is -0.493 e. The predicted molar refractivity (Wildman–Crippen MR) is 130 cm³/mol. The minimum absolute atomic E-state index is 0.115. The van der Waals surface area contributed by atoms with Crippen molar-refractivity contribution in [1.82, 2.24) is 25.7 Å². The highest BCUT2D eigenvalue weighted by Gasteiger charge is 2.17. The lowest BCUT2D eigenvalue weighted by molar-refractivity contribution is -0.121. The topological polar surface area (TPSA) is 144 Å². The number of hydrogen-bond donors (Lipinski definition) is 3. The molecule has 0 atom stereocenters. The molecule has 0 bridgehead atoms. The fourth-order valence-electron chi connectivity index (χ4n) is 3.61. The Balaban J connectivity index is 1.22. The Kier molecular flexibility index (Phi) is 7.56. The SMILES string of the molecule is COc1cccc(-c2noc(CCC(=O)NCCCNc3n[nH]c(=O)c4ccccc34)n2)c1OC. The number of fused-ring (bicyclic) bond motifs is 1. The quantitative estimate of drug-likeness (QED) is 0.277. The van der Waals surface area contributed by atoms with Gasteiger partial charge in [-0.3, -0.25) is 9.59 Å². The van der Waals surface area contributed by atoms with E-state index in [1.165, 1.54) is 0 Å². The Hall–Kier alpha value is -4.41. The van der Waals surface area contributed by atoms with Gasteiger partial charge in [0.05, 0.1) is 25.2 Å². The smallest absolute Gasteiger partial charge is 0.272 e. The zero-order valence-corrected chi connectivity index (χ0v) is 19.5. The van der Waals surface area contributed by atoms with Gasteiger partial charge in [-0.15, -0.1) is 0 Å². The second kappa shape index (κ2) is 11.1. The molecule has 0 aliphatic carbocycles. The van der Waals surface area contributed by atoms with Crippen LogP contribution in [0.5, 0.6) is 11.5 Å². The molecule has 4 aromatic rings. The third-order valence-corrected chi connectivity index (χ3v) is 5.34. The number of hydrogen-bond acceptors (Lipinski definition) is 9. The summed E-state index contributed by atoms with van der Waals surface area (Å²) in [7, 11) is 3.10. The van der Waals surface area contributed by atoms with E-state index in [1.54, 1.807) is 26.4 Å². The second-order valence-corrected chi connectivity index (χ2v) is 7.63. The average Bonchev–Trinajstić information content (AvgIpc) is 3.37. The molecule has 2 heterocycles. The van der Waals surface area contributed by atoms with Gasteiger partial charge in [0, 0.05) is 31.3 Å². The van der Waals surface area contributed by atoms with Gasteiger partial charge >= 0.3 is 0 Å². The lowest BCUT2D eigenvalue weighted by atomic mass is 10.1. The number of carbonyl (C=O) groups excluding carboxylic acids is 1. The molecule has 0 saturated heterocycles. The lowest BCUT2D eigenvalue weighted by Crippen LogP contribution is -2.26. The van der Waals surface area contributed by atoms with Crippen molar-refractivity contribution in [3.63, 3.8) is 0 Å². The number of amides is 1. The van der Waals surface area contributed by atoms with Gasteiger partial charge in [-0.1, -0.05) is 29.4 Å². The molecule has 0 spiro atoms. The number of aromatic nitrogens is 4. The summed E-state index contributed by atoms with van der Waals surface area (Å²) in [6.07, 6.45) is 1.22. The Morgan fingerprint density at radius 1 is 1.06 bits per heavy atom. The second-order valence-electron chi connectivity index (χ2n) is 7.63. The summed E-state index contributed by atoms with van der Waals surface area (Å²) in [5, 5.41) is 18.0. The molecule has 182 valence electrons. The van der Waals surface area contributed by atoms with E-state index in [2.05, 4.69) is 31.0 Å². The molecule has 0 aliphatic rings. The number of nitrogens with zero attached hydrogens (tertiary/aromatic N) is 3. The normalized spacial score (nSPS) is 10.8. The van der Waals surface area contributed by atoms with Gasteiger partial charge in [-0.2, -0.15) is 10.1 Å². The predicted octanol–water partition coefficient (Wildman–Crippen LogP) is 2.54. The van der Waals surface area contributed by atoms with Gasteiger partial charge in [0.25, 0.3) is 5.56 Å². The van der Waals surface area contributed by atoms with Crippen molar-refractivity contribution in [3.05, 3.63) is 58.7 Å². The Labute approximate surface area is 200 Å². The van der Waals surface area contributed by atoms with Gasteiger partial charge in [-0.25, -0.2) is 5.10 Å². The highest BCUT2D eigenvalue weighted by molar-refractivity contribution is 5.90. The average molecular weight is 479 g/mol. The van der Waals surface area contributed by atoms with Crippen molar-refractivity contribution in [1.29, 1.82) is 0 Å². The van der Waals surface area contributed by atoms with Crippen LogP contribution < -0.4 is 25.7 Å². The molecule has 3 N–H and O–H groups in total. The van der Waals surface area contributed by atoms with Crippen LogP contribution in [0.3, 0.4) is 0 Å². The van der Waals surface area contributed by atoms with Gasteiger partial charge in [-0.05, 0) is 24.6 Å². The van der Waals surface area contributed by atoms with Crippen molar-refractivity contribution in [2.45, 2.75) is 19.3 Å². The number of aromatic amines is 1. The summed E-state index contributed by atoms with van der Waals surface area (Å²) in [6, 6.07) is 12.7. The van der Waals surface area contributed by atoms with Gasteiger partial charge in [0.2, 0.25) is 17.6 Å². The summed E-state index contributed by atoms with van der Waals surface area (Å²) >= 11 is 0. The first-order valence-corrected chi connectivity index (χ1v) is 11.1. The fraction of sp³-hybridized carbons (Fsp3) is 0.292. The molecule has 11 nitrogen and oxygen atoms in total. The monoisotopic (exact) mass is 478 g/mol. The van der Waals surface area contributed by atoms with E-state index in [0.717, 1.165) is 5.39 Å². The number of rotatable bonds is 11. The highest BCUT2D eigenvalue weighted by atomic mass is 16.5. The van der Waals surface area contributed by atoms with Crippen LogP contribution in [-0.2, 0) is 11.2 Å². The number of carbonyl (C=O) groups is 1. The first-order valence-electron chi connectivity index (χ1n) is 11.1. The first-order chi connectivity index (χ1) is 17.1. The van der Waals surface area contributed by atoms with Crippen LogP contribution in [0.2, 0.25) is 0 Å². The number of ether oxygens (including phenoxy) is 2. The van der Waals surface area contributed by atoms with E-state index in [4.69, 9.17) is 14.0 Å². The van der Waals surface area contributed by atoms with Crippen molar-refractivity contribution in [2.75, 3.05) is 32.6 Å². The van der Waals surface area contributed by atoms with E-state index in [1.807, 2.05) is 30.3 Å². The molecule has 0 radical (unpaired) electrons. The summed E-state index contributed by atoms with van der Waals surface area (Å²) in [4.78, 5) is 28.4. The molecule has 0 saturated carbocycles. The number of para-hydroxylation sites is 1. The van der Waals surface area contributed by atoms with Crippen LogP contribution in [0.1, 0.15) is 18.7 Å². The van der Waals surface area contributed by atoms with Crippen molar-refractivity contribution in [3.8, 4) is 22.9 Å². The molecule has 35 heavy (non-hydrogen) atoms. The molecule has 2 aromatic heterocycles.